The van der Waals surface area contributed by atoms with Crippen molar-refractivity contribution in [3.05, 3.63) is 0 Å². The van der Waals surface area contributed by atoms with E-state index in [4.69, 9.17) is 32.7 Å². The van der Waals surface area contributed by atoms with Crippen molar-refractivity contribution in [3.8, 4) is 0 Å². The van der Waals surface area contributed by atoms with Gasteiger partial charge in [-0.25, -0.2) is 0 Å². The summed E-state index contributed by atoms with van der Waals surface area (Å²) in [5.41, 5.74) is 0. The topological polar surface area (TPSA) is 155 Å². The fourth-order valence-electron chi connectivity index (χ4n) is 2.97. The van der Waals surface area contributed by atoms with E-state index in [0.29, 0.717) is 0 Å². The molecule has 0 bridgehead atoms. The molecule has 0 aliphatic heterocycles. The van der Waals surface area contributed by atoms with Crippen LogP contribution >= 0.6 is 0 Å². The van der Waals surface area contributed by atoms with E-state index >= 15 is 0 Å². The molecule has 0 spiro atoms. The minimum Gasteiger partial charge on any atom is -0.445 e. The van der Waals surface area contributed by atoms with Crippen LogP contribution in [0.5, 0.6) is 0 Å². The van der Waals surface area contributed by atoms with Crippen LogP contribution in [0.15, 0.2) is 0 Å². The highest BCUT2D eigenvalue weighted by molar-refractivity contribution is 6.83. The van der Waals surface area contributed by atoms with Crippen molar-refractivity contribution in [3.63, 3.8) is 0 Å². The van der Waals surface area contributed by atoms with Gasteiger partial charge >= 0.3 is 17.1 Å². The first-order valence-corrected chi connectivity index (χ1v) is 37.3. The molecule has 0 aromatic carbocycles. The molecule has 9 nitrogen and oxygen atoms in total. The molecule has 8 N–H and O–H groups in total. The molecule has 0 aromatic heterocycles. The van der Waals surface area contributed by atoms with Gasteiger partial charge < -0.3 is 42.2 Å². The monoisotopic (exact) mass is 671 g/mol. The first-order chi connectivity index (χ1) is 14.8. The Morgan fingerprint density at radius 1 is 0.351 bits per heavy atom. The summed E-state index contributed by atoms with van der Waals surface area (Å²) in [4.78, 5) is 18.6. The molecule has 0 amide bonds. The van der Waals surface area contributed by atoms with E-state index in [2.05, 4.69) is 58.9 Å². The molecular formula is C20H69N3O6Si8. The van der Waals surface area contributed by atoms with E-state index in [0.717, 1.165) is 0 Å². The molecule has 232 valence electrons. The number of hydrogen-bond acceptors (Lipinski definition) is 9. The maximum atomic E-state index is 9.30. The Bertz CT molecular complexity index is 427. The van der Waals surface area contributed by atoms with Crippen molar-refractivity contribution >= 4 is 67.5 Å². The second-order valence-electron chi connectivity index (χ2n) is 14.4. The molecule has 37 heavy (non-hydrogen) atoms. The Kier molecular flexibility index (Phi) is 22.6. The lowest BCUT2D eigenvalue weighted by atomic mass is 11.8. The maximum absolute atomic E-state index is 9.30. The molecule has 0 aliphatic rings. The molecule has 0 saturated carbocycles. The van der Waals surface area contributed by atoms with Gasteiger partial charge in [-0.2, -0.15) is 0 Å². The van der Waals surface area contributed by atoms with Gasteiger partial charge in [-0.3, -0.25) is 0 Å². The average molecular weight is 672 g/mol. The van der Waals surface area contributed by atoms with E-state index in [-0.39, 0.29) is 7.43 Å². The molecule has 0 radical (unpaired) electrons. The third-order valence-electron chi connectivity index (χ3n) is 2.21. The number of hydrogen-bond donors (Lipinski definition) is 5. The van der Waals surface area contributed by atoms with Crippen molar-refractivity contribution in [2.24, 2.45) is 16.2 Å². The third-order valence-corrected chi connectivity index (χ3v) is 19.9. The van der Waals surface area contributed by atoms with E-state index in [1.54, 1.807) is 26.2 Å². The van der Waals surface area contributed by atoms with Gasteiger partial charge in [0.05, 0.1) is 0 Å². The lowest BCUT2D eigenvalue weighted by molar-refractivity contribution is 0.387. The summed E-state index contributed by atoms with van der Waals surface area (Å²) in [6.07, 6.45) is 0. The van der Waals surface area contributed by atoms with Crippen LogP contribution in [0.25, 0.3) is 0 Å². The first-order valence-electron chi connectivity index (χ1n) is 12.4. The highest BCUT2D eigenvalue weighted by Gasteiger charge is 2.29. The molecule has 0 saturated heterocycles. The van der Waals surface area contributed by atoms with E-state index in [9.17, 15) is 9.59 Å². The van der Waals surface area contributed by atoms with Crippen molar-refractivity contribution in [1.29, 1.82) is 0 Å². The van der Waals surface area contributed by atoms with Gasteiger partial charge in [0.15, 0.2) is 25.0 Å². The van der Waals surface area contributed by atoms with Crippen molar-refractivity contribution < 1.29 is 26.1 Å². The average Bonchev–Trinajstić information content (AvgIpc) is 2.19. The zero-order valence-corrected chi connectivity index (χ0v) is 35.3. The third kappa shape index (κ3) is 72.6. The van der Waals surface area contributed by atoms with Gasteiger partial charge in [-0.05, 0) is 124 Å². The van der Waals surface area contributed by atoms with E-state index in [1.807, 2.05) is 39.3 Å². The second-order valence-corrected chi connectivity index (χ2v) is 45.8. The van der Waals surface area contributed by atoms with Crippen LogP contribution in [0.1, 0.15) is 7.43 Å². The molecule has 0 aliphatic carbocycles. The normalized spacial score (nSPS) is 13.6. The Labute approximate surface area is 240 Å². The van der Waals surface area contributed by atoms with Crippen LogP contribution in [0.3, 0.4) is 0 Å². The Morgan fingerprint density at radius 3 is 0.514 bits per heavy atom. The Hall–Kier alpha value is 1.38. The Morgan fingerprint density at radius 2 is 0.514 bits per heavy atom. The molecular weight excluding hydrogens is 603 g/mol. The SMILES string of the molecule is C.C[Si](C)(C)O[Si](C)(C)N.C[Si](C)(C)O[Si](C)(C)O.C[Si](C)(C)O[Si](C)(C)O.C[Si](C)(N)O[Si](C)(C)N. The number of nitrogens with two attached hydrogens (primary N) is 3. The molecule has 0 aromatic rings. The quantitative estimate of drug-likeness (QED) is 0.210. The van der Waals surface area contributed by atoms with Crippen LogP contribution in [-0.4, -0.2) is 77.1 Å². The van der Waals surface area contributed by atoms with Crippen LogP contribution < -0.4 is 16.2 Å². The minimum absolute atomic E-state index is 0. The fraction of sp³-hybridized carbons (Fsp3) is 1.00. The Balaban J connectivity index is -0.000000122. The summed E-state index contributed by atoms with van der Waals surface area (Å²) in [6, 6.07) is 0. The van der Waals surface area contributed by atoms with Gasteiger partial charge in [0.25, 0.3) is 0 Å². The van der Waals surface area contributed by atoms with Crippen molar-refractivity contribution in [1.82, 2.24) is 0 Å². The standard InChI is InChI=1S/C5H17NOSi2.2C5H16O2Si2.C4H16N2OSi2.CH4/c3*1-8(2,3)7-9(4,5)6;1-8(2,5)7-9(3,4)6;/h6H2,1-5H3;2*6H,1-5H3;5-6H2,1-4H3;1H4. The first kappa shape index (κ1) is 48.1. The highest BCUT2D eigenvalue weighted by Crippen LogP contribution is 2.11. The molecule has 0 atom stereocenters. The minimum atomic E-state index is -2.23. The summed E-state index contributed by atoms with van der Waals surface area (Å²) in [6.45, 7) is 38.0. The summed E-state index contributed by atoms with van der Waals surface area (Å²) in [7, 11) is -14.2. The van der Waals surface area contributed by atoms with Gasteiger partial charge in [0.2, 0.25) is 25.4 Å². The largest absolute Gasteiger partial charge is 0.445 e. The predicted molar refractivity (Wildman–Crippen MR) is 186 cm³/mol. The van der Waals surface area contributed by atoms with Crippen molar-refractivity contribution in [2.45, 2.75) is 132 Å². The smallest absolute Gasteiger partial charge is 0.318 e. The lowest BCUT2D eigenvalue weighted by Gasteiger charge is -2.27. The highest BCUT2D eigenvalue weighted by atomic mass is 28.4. The molecule has 0 heterocycles. The number of rotatable bonds is 8. The van der Waals surface area contributed by atoms with Crippen LogP contribution in [-0.2, 0) is 16.5 Å². The molecule has 0 unspecified atom stereocenters. The summed E-state index contributed by atoms with van der Waals surface area (Å²) < 4.78 is 22.1. The molecule has 17 heteroatoms. The van der Waals surface area contributed by atoms with Crippen LogP contribution in [0.4, 0.5) is 0 Å². The van der Waals surface area contributed by atoms with Gasteiger partial charge in [0.1, 0.15) is 0 Å². The second kappa shape index (κ2) is 17.4. The summed E-state index contributed by atoms with van der Waals surface area (Å²) in [5, 5.41) is 17.2. The van der Waals surface area contributed by atoms with Gasteiger partial charge in [0, 0.05) is 0 Å². The fourth-order valence-corrected chi connectivity index (χ4v) is 26.7. The predicted octanol–water partition coefficient (Wildman–Crippen LogP) is 5.52. The summed E-state index contributed by atoms with van der Waals surface area (Å²) >= 11 is 0. The van der Waals surface area contributed by atoms with E-state index < -0.39 is 67.5 Å². The van der Waals surface area contributed by atoms with Gasteiger partial charge in [-0.15, -0.1) is 0 Å². The zero-order chi connectivity index (χ0) is 30.8. The summed E-state index contributed by atoms with van der Waals surface area (Å²) in [5.74, 6) is 0. The maximum Gasteiger partial charge on any atom is 0.318 e. The lowest BCUT2D eigenvalue weighted by Crippen LogP contribution is -2.55. The zero-order valence-electron chi connectivity index (χ0n) is 27.3. The molecule has 0 rings (SSSR count). The molecule has 0 fully saturated rings. The van der Waals surface area contributed by atoms with Crippen molar-refractivity contribution in [2.75, 3.05) is 0 Å². The van der Waals surface area contributed by atoms with Crippen LogP contribution in [0.2, 0.25) is 124 Å². The van der Waals surface area contributed by atoms with Gasteiger partial charge in [-0.1, -0.05) is 7.43 Å². The van der Waals surface area contributed by atoms with Crippen LogP contribution in [0, 0.1) is 0 Å². The van der Waals surface area contributed by atoms with E-state index in [1.165, 1.54) is 0 Å².